The van der Waals surface area contributed by atoms with Gasteiger partial charge in [0.25, 0.3) is 0 Å². The lowest BCUT2D eigenvalue weighted by molar-refractivity contribution is -0.138. The van der Waals surface area contributed by atoms with Gasteiger partial charge in [-0.25, -0.2) is 0 Å². The molecule has 13 heavy (non-hydrogen) atoms. The largest absolute Gasteiger partial charge is 0.481 e. The Hall–Kier alpha value is -1.32. The van der Waals surface area contributed by atoms with Crippen molar-refractivity contribution in [2.24, 2.45) is 5.92 Å². The molecule has 1 aliphatic rings. The lowest BCUT2D eigenvalue weighted by Gasteiger charge is -2.21. The first kappa shape index (κ1) is 8.29. The van der Waals surface area contributed by atoms with Gasteiger partial charge in [0.2, 0.25) is 0 Å². The van der Waals surface area contributed by atoms with E-state index in [1.165, 1.54) is 0 Å². The van der Waals surface area contributed by atoms with Crippen molar-refractivity contribution in [3.8, 4) is 0 Å². The number of carboxylic acid groups (broad SMARTS) is 1. The van der Waals surface area contributed by atoms with Crippen molar-refractivity contribution in [2.75, 3.05) is 0 Å². The van der Waals surface area contributed by atoms with Crippen molar-refractivity contribution >= 4 is 5.97 Å². The van der Waals surface area contributed by atoms with Crippen LogP contribution in [-0.2, 0) is 17.8 Å². The van der Waals surface area contributed by atoms with E-state index < -0.39 is 5.97 Å². The Morgan fingerprint density at radius 2 is 2.62 bits per heavy atom. The third-order valence-corrected chi connectivity index (χ3v) is 2.51. The summed E-state index contributed by atoms with van der Waals surface area (Å²) in [6, 6.07) is 1.97. The molecule has 0 fully saturated rings. The number of carboxylic acids is 1. The zero-order chi connectivity index (χ0) is 9.26. The number of nitrogens with zero attached hydrogens (tertiary/aromatic N) is 2. The number of carbonyl (C=O) groups is 1. The summed E-state index contributed by atoms with van der Waals surface area (Å²) < 4.78 is 1.96. The molecule has 0 saturated heterocycles. The molecule has 2 heterocycles. The van der Waals surface area contributed by atoms with Crippen molar-refractivity contribution in [3.05, 3.63) is 18.0 Å². The topological polar surface area (TPSA) is 55.1 Å². The van der Waals surface area contributed by atoms with Crippen LogP contribution in [0.15, 0.2) is 12.3 Å². The number of hydrogen-bond donors (Lipinski definition) is 1. The van der Waals surface area contributed by atoms with E-state index >= 15 is 0 Å². The first-order valence-electron chi connectivity index (χ1n) is 4.48. The molecule has 1 atom stereocenters. The summed E-state index contributed by atoms with van der Waals surface area (Å²) in [5, 5.41) is 12.8. The Balaban J connectivity index is 2.04. The summed E-state index contributed by atoms with van der Waals surface area (Å²) in [6.45, 7) is 0.861. The van der Waals surface area contributed by atoms with E-state index in [4.69, 9.17) is 5.11 Å². The number of fused-ring (bicyclic) bond motifs is 1. The minimum absolute atomic E-state index is 0.283. The third-order valence-electron chi connectivity index (χ3n) is 2.51. The zero-order valence-corrected chi connectivity index (χ0v) is 7.31. The molecule has 0 saturated carbocycles. The fraction of sp³-hybridized carbons (Fsp3) is 0.556. The summed E-state index contributed by atoms with van der Waals surface area (Å²) in [6.07, 6.45) is 3.84. The van der Waals surface area contributed by atoms with E-state index in [1.807, 2.05) is 10.7 Å². The molecule has 1 N–H and O–H groups in total. The van der Waals surface area contributed by atoms with Crippen LogP contribution in [0.5, 0.6) is 0 Å². The molecule has 0 aromatic carbocycles. The molecule has 1 unspecified atom stereocenters. The molecule has 1 aromatic heterocycles. The lowest BCUT2D eigenvalue weighted by Crippen LogP contribution is -2.21. The standard InChI is InChI=1S/C9H12N2O2/c12-9(13)6-7-2-4-11-8(5-7)1-3-10-11/h1,3,7H,2,4-6H2,(H,12,13). The average Bonchev–Trinajstić information content (AvgIpc) is 2.49. The van der Waals surface area contributed by atoms with E-state index in [1.54, 1.807) is 6.20 Å². The van der Waals surface area contributed by atoms with Crippen molar-refractivity contribution in [3.63, 3.8) is 0 Å². The second-order valence-corrected chi connectivity index (χ2v) is 3.50. The van der Waals surface area contributed by atoms with Gasteiger partial charge in [0.05, 0.1) is 0 Å². The Morgan fingerprint density at radius 3 is 3.38 bits per heavy atom. The predicted octanol–water partition coefficient (Wildman–Crippen LogP) is 0.920. The maximum absolute atomic E-state index is 10.5. The van der Waals surface area contributed by atoms with Crippen LogP contribution < -0.4 is 0 Å². The van der Waals surface area contributed by atoms with Gasteiger partial charge in [-0.1, -0.05) is 0 Å². The molecule has 0 radical (unpaired) electrons. The van der Waals surface area contributed by atoms with Crippen LogP contribution in [0, 0.1) is 5.92 Å². The molecular weight excluding hydrogens is 168 g/mol. The van der Waals surface area contributed by atoms with Crippen LogP contribution in [0.4, 0.5) is 0 Å². The van der Waals surface area contributed by atoms with Gasteiger partial charge in [0.15, 0.2) is 0 Å². The smallest absolute Gasteiger partial charge is 0.303 e. The molecular formula is C9H12N2O2. The SMILES string of the molecule is O=C(O)CC1CCn2nccc2C1. The van der Waals surface area contributed by atoms with Gasteiger partial charge in [-0.3, -0.25) is 9.48 Å². The minimum Gasteiger partial charge on any atom is -0.481 e. The van der Waals surface area contributed by atoms with E-state index in [0.717, 1.165) is 25.1 Å². The monoisotopic (exact) mass is 180 g/mol. The Labute approximate surface area is 76.2 Å². The van der Waals surface area contributed by atoms with E-state index in [2.05, 4.69) is 5.10 Å². The predicted molar refractivity (Wildman–Crippen MR) is 46.3 cm³/mol. The zero-order valence-electron chi connectivity index (χ0n) is 7.31. The highest BCUT2D eigenvalue weighted by atomic mass is 16.4. The Bertz CT molecular complexity index is 319. The highest BCUT2D eigenvalue weighted by Gasteiger charge is 2.20. The molecule has 0 bridgehead atoms. The maximum atomic E-state index is 10.5. The highest BCUT2D eigenvalue weighted by molar-refractivity contribution is 5.67. The maximum Gasteiger partial charge on any atom is 0.303 e. The number of aliphatic carboxylic acids is 1. The molecule has 70 valence electrons. The van der Waals surface area contributed by atoms with Crippen molar-refractivity contribution in [2.45, 2.75) is 25.8 Å². The van der Waals surface area contributed by atoms with Crippen molar-refractivity contribution in [1.82, 2.24) is 9.78 Å². The summed E-state index contributed by atoms with van der Waals surface area (Å²) in [5.74, 6) is -0.403. The third kappa shape index (κ3) is 1.71. The van der Waals surface area contributed by atoms with Gasteiger partial charge in [0, 0.05) is 24.9 Å². The summed E-state index contributed by atoms with van der Waals surface area (Å²) in [7, 11) is 0. The van der Waals surface area contributed by atoms with Gasteiger partial charge in [0.1, 0.15) is 0 Å². The summed E-state index contributed by atoms with van der Waals surface area (Å²) in [5.41, 5.74) is 1.16. The van der Waals surface area contributed by atoms with Crippen molar-refractivity contribution in [1.29, 1.82) is 0 Å². The number of aromatic nitrogens is 2. The second kappa shape index (κ2) is 3.20. The van der Waals surface area contributed by atoms with Gasteiger partial charge >= 0.3 is 5.97 Å². The summed E-state index contributed by atoms with van der Waals surface area (Å²) in [4.78, 5) is 10.5. The van der Waals surface area contributed by atoms with Crippen LogP contribution >= 0.6 is 0 Å². The molecule has 0 aliphatic carbocycles. The Kier molecular flexibility index (Phi) is 2.04. The Morgan fingerprint density at radius 1 is 1.77 bits per heavy atom. The average molecular weight is 180 g/mol. The molecule has 0 spiro atoms. The molecule has 2 rings (SSSR count). The minimum atomic E-state index is -0.696. The molecule has 0 amide bonds. The second-order valence-electron chi connectivity index (χ2n) is 3.50. The van der Waals surface area contributed by atoms with Gasteiger partial charge in [-0.15, -0.1) is 0 Å². The van der Waals surface area contributed by atoms with E-state index in [0.29, 0.717) is 5.92 Å². The highest BCUT2D eigenvalue weighted by Crippen LogP contribution is 2.21. The normalized spacial score (nSPS) is 21.1. The summed E-state index contributed by atoms with van der Waals surface area (Å²) >= 11 is 0. The van der Waals surface area contributed by atoms with Crippen LogP contribution in [0.2, 0.25) is 0 Å². The molecule has 4 heteroatoms. The van der Waals surface area contributed by atoms with Crippen LogP contribution in [0.3, 0.4) is 0 Å². The number of rotatable bonds is 2. The van der Waals surface area contributed by atoms with Gasteiger partial charge in [-0.2, -0.15) is 5.10 Å². The van der Waals surface area contributed by atoms with Crippen molar-refractivity contribution < 1.29 is 9.90 Å². The molecule has 1 aliphatic heterocycles. The quantitative estimate of drug-likeness (QED) is 0.736. The van der Waals surface area contributed by atoms with Gasteiger partial charge in [-0.05, 0) is 24.8 Å². The first-order valence-corrected chi connectivity index (χ1v) is 4.48. The number of aryl methyl sites for hydroxylation is 1. The van der Waals surface area contributed by atoms with E-state index in [9.17, 15) is 4.79 Å². The molecule has 4 nitrogen and oxygen atoms in total. The van der Waals surface area contributed by atoms with E-state index in [-0.39, 0.29) is 6.42 Å². The van der Waals surface area contributed by atoms with Crippen LogP contribution in [0.25, 0.3) is 0 Å². The van der Waals surface area contributed by atoms with Crippen LogP contribution in [-0.4, -0.2) is 20.9 Å². The number of hydrogen-bond acceptors (Lipinski definition) is 2. The first-order chi connectivity index (χ1) is 6.25. The fourth-order valence-electron chi connectivity index (χ4n) is 1.86. The van der Waals surface area contributed by atoms with Crippen LogP contribution in [0.1, 0.15) is 18.5 Å². The lowest BCUT2D eigenvalue weighted by atomic mass is 9.93. The fourth-order valence-corrected chi connectivity index (χ4v) is 1.86. The molecule has 1 aromatic rings. The van der Waals surface area contributed by atoms with Gasteiger partial charge < -0.3 is 5.11 Å².